The van der Waals surface area contributed by atoms with E-state index < -0.39 is 21.5 Å². The summed E-state index contributed by atoms with van der Waals surface area (Å²) in [6.07, 6.45) is 1.04. The van der Waals surface area contributed by atoms with Crippen molar-refractivity contribution in [2.45, 2.75) is 19.4 Å². The van der Waals surface area contributed by atoms with Crippen molar-refractivity contribution in [1.29, 1.82) is 0 Å². The molecule has 0 saturated carbocycles. The Bertz CT molecular complexity index is 405. The van der Waals surface area contributed by atoms with E-state index in [1.807, 2.05) is 0 Å². The van der Waals surface area contributed by atoms with Crippen molar-refractivity contribution >= 4 is 33.7 Å². The third kappa shape index (κ3) is 10.4. The van der Waals surface area contributed by atoms with Crippen molar-refractivity contribution in [1.82, 2.24) is 10.0 Å². The minimum Gasteiger partial charge on any atom is -0.481 e. The number of nitrogens with one attached hydrogen (secondary N) is 2. The van der Waals surface area contributed by atoms with Gasteiger partial charge in [0.1, 0.15) is 0 Å². The number of aliphatic carboxylic acids is 1. The van der Waals surface area contributed by atoms with Gasteiger partial charge in [0.25, 0.3) is 0 Å². The molecule has 0 aliphatic heterocycles. The molecule has 0 rings (SSSR count). The molecule has 106 valence electrons. The summed E-state index contributed by atoms with van der Waals surface area (Å²) in [6.45, 7) is 3.41. The average Bonchev–Trinajstić information content (AvgIpc) is 2.10. The largest absolute Gasteiger partial charge is 0.481 e. The van der Waals surface area contributed by atoms with E-state index in [1.165, 1.54) is 0 Å². The van der Waals surface area contributed by atoms with Crippen LogP contribution in [0.15, 0.2) is 0 Å². The summed E-state index contributed by atoms with van der Waals surface area (Å²) in [5.74, 6) is -1.42. The Morgan fingerprint density at radius 1 is 1.28 bits per heavy atom. The molecular weight excluding hydrogens is 280 g/mol. The Kier molecular flexibility index (Phi) is 6.64. The molecule has 1 amide bonds. The van der Waals surface area contributed by atoms with Crippen LogP contribution in [-0.4, -0.2) is 55.2 Å². The molecule has 0 aliphatic carbocycles. The van der Waals surface area contributed by atoms with Gasteiger partial charge in [-0.05, 0) is 13.8 Å². The quantitative estimate of drug-likeness (QED) is 0.543. The Labute approximate surface area is 111 Å². The Hall–Kier alpha value is -0.800. The molecule has 0 aromatic carbocycles. The summed E-state index contributed by atoms with van der Waals surface area (Å²) in [4.78, 5) is 21.6. The molecule has 0 bridgehead atoms. The maximum Gasteiger partial charge on any atom is 0.313 e. The number of rotatable bonds is 8. The van der Waals surface area contributed by atoms with Crippen LogP contribution in [0.2, 0.25) is 0 Å². The van der Waals surface area contributed by atoms with Gasteiger partial charge in [0, 0.05) is 12.1 Å². The number of sulfonamides is 1. The van der Waals surface area contributed by atoms with Crippen molar-refractivity contribution in [2.24, 2.45) is 0 Å². The molecule has 9 heteroatoms. The van der Waals surface area contributed by atoms with E-state index in [9.17, 15) is 18.0 Å². The van der Waals surface area contributed by atoms with Crippen molar-refractivity contribution in [3.05, 3.63) is 0 Å². The highest BCUT2D eigenvalue weighted by atomic mass is 32.2. The lowest BCUT2D eigenvalue weighted by Crippen LogP contribution is -2.51. The highest BCUT2D eigenvalue weighted by Crippen LogP contribution is 2.03. The van der Waals surface area contributed by atoms with Gasteiger partial charge >= 0.3 is 5.97 Å². The normalized spacial score (nSPS) is 12.2. The molecule has 0 saturated heterocycles. The van der Waals surface area contributed by atoms with Crippen molar-refractivity contribution in [3.63, 3.8) is 0 Å². The Morgan fingerprint density at radius 3 is 2.28 bits per heavy atom. The standard InChI is InChI=1S/C9H18N2O5S2/c1-9(2,11-18(3,15)16)6-10-7(12)4-17-5-8(13)14/h11H,4-6H2,1-3H3,(H,10,12)(H,13,14). The predicted molar refractivity (Wildman–Crippen MR) is 70.0 cm³/mol. The Balaban J connectivity index is 4.00. The summed E-state index contributed by atoms with van der Waals surface area (Å²) >= 11 is 0.983. The van der Waals surface area contributed by atoms with Crippen LogP contribution in [0.1, 0.15) is 13.8 Å². The summed E-state index contributed by atoms with van der Waals surface area (Å²) in [5.41, 5.74) is -0.791. The van der Waals surface area contributed by atoms with Crippen LogP contribution in [0.3, 0.4) is 0 Å². The van der Waals surface area contributed by atoms with Crippen LogP contribution in [0.25, 0.3) is 0 Å². The number of amides is 1. The van der Waals surface area contributed by atoms with Gasteiger partial charge in [-0.1, -0.05) is 0 Å². The minimum atomic E-state index is -3.34. The van der Waals surface area contributed by atoms with E-state index in [-0.39, 0.29) is 24.0 Å². The molecule has 0 aromatic rings. The average molecular weight is 298 g/mol. The molecule has 0 fully saturated rings. The third-order valence-corrected chi connectivity index (χ3v) is 3.49. The predicted octanol–water partition coefficient (Wildman–Crippen LogP) is -0.752. The number of hydrogen-bond donors (Lipinski definition) is 3. The van der Waals surface area contributed by atoms with E-state index in [0.717, 1.165) is 18.0 Å². The van der Waals surface area contributed by atoms with Gasteiger partial charge in [0.15, 0.2) is 0 Å². The van der Waals surface area contributed by atoms with Gasteiger partial charge in [-0.15, -0.1) is 11.8 Å². The lowest BCUT2D eigenvalue weighted by Gasteiger charge is -2.25. The maximum atomic E-state index is 11.3. The minimum absolute atomic E-state index is 0.0290. The fourth-order valence-electron chi connectivity index (χ4n) is 1.14. The molecule has 0 aromatic heterocycles. The first-order valence-electron chi connectivity index (χ1n) is 5.07. The fraction of sp³-hybridized carbons (Fsp3) is 0.778. The number of thioether (sulfide) groups is 1. The van der Waals surface area contributed by atoms with Crippen LogP contribution >= 0.6 is 11.8 Å². The highest BCUT2D eigenvalue weighted by molar-refractivity contribution is 8.00. The molecule has 0 atom stereocenters. The molecule has 0 aliphatic rings. The molecule has 0 heterocycles. The van der Waals surface area contributed by atoms with E-state index in [0.29, 0.717) is 0 Å². The van der Waals surface area contributed by atoms with E-state index in [4.69, 9.17) is 5.11 Å². The lowest BCUT2D eigenvalue weighted by molar-refractivity contribution is -0.133. The SMILES string of the molecule is CC(C)(CNC(=O)CSCC(=O)O)NS(C)(=O)=O. The van der Waals surface area contributed by atoms with Crippen molar-refractivity contribution < 1.29 is 23.1 Å². The zero-order chi connectivity index (χ0) is 14.4. The van der Waals surface area contributed by atoms with Gasteiger partial charge in [-0.25, -0.2) is 13.1 Å². The molecular formula is C9H18N2O5S2. The van der Waals surface area contributed by atoms with E-state index in [1.54, 1.807) is 13.8 Å². The first kappa shape index (κ1) is 17.2. The number of carbonyl (C=O) groups is 2. The van der Waals surface area contributed by atoms with Crippen LogP contribution in [0.5, 0.6) is 0 Å². The molecule has 0 unspecified atom stereocenters. The second-order valence-corrected chi connectivity index (χ2v) is 7.16. The summed E-state index contributed by atoms with van der Waals surface area (Å²) in [6, 6.07) is 0. The second-order valence-electron chi connectivity index (χ2n) is 4.42. The molecule has 7 nitrogen and oxygen atoms in total. The third-order valence-electron chi connectivity index (χ3n) is 1.65. The first-order valence-corrected chi connectivity index (χ1v) is 8.12. The van der Waals surface area contributed by atoms with Crippen molar-refractivity contribution in [2.75, 3.05) is 24.3 Å². The topological polar surface area (TPSA) is 113 Å². The Morgan fingerprint density at radius 2 is 1.83 bits per heavy atom. The zero-order valence-corrected chi connectivity index (χ0v) is 12.2. The van der Waals surface area contributed by atoms with Crippen LogP contribution in [0.4, 0.5) is 0 Å². The molecule has 18 heavy (non-hydrogen) atoms. The molecule has 3 N–H and O–H groups in total. The van der Waals surface area contributed by atoms with Gasteiger partial charge in [-0.2, -0.15) is 0 Å². The number of carboxylic acids is 1. The van der Waals surface area contributed by atoms with E-state index >= 15 is 0 Å². The van der Waals surface area contributed by atoms with Crippen molar-refractivity contribution in [3.8, 4) is 0 Å². The summed E-state index contributed by atoms with van der Waals surface area (Å²) in [5, 5.41) is 10.9. The summed E-state index contributed by atoms with van der Waals surface area (Å²) in [7, 11) is -3.34. The van der Waals surface area contributed by atoms with Gasteiger partial charge in [0.05, 0.1) is 17.8 Å². The number of carbonyl (C=O) groups excluding carboxylic acids is 1. The number of hydrogen-bond acceptors (Lipinski definition) is 5. The molecule has 0 spiro atoms. The first-order chi connectivity index (χ1) is 8.02. The highest BCUT2D eigenvalue weighted by Gasteiger charge is 2.22. The van der Waals surface area contributed by atoms with E-state index in [2.05, 4.69) is 10.0 Å². The fourth-order valence-corrected chi connectivity index (χ4v) is 2.78. The second kappa shape index (κ2) is 6.95. The molecule has 0 radical (unpaired) electrons. The van der Waals surface area contributed by atoms with Crippen LogP contribution < -0.4 is 10.0 Å². The summed E-state index contributed by atoms with van der Waals surface area (Å²) < 4.78 is 24.5. The monoisotopic (exact) mass is 298 g/mol. The number of carboxylic acid groups (broad SMARTS) is 1. The lowest BCUT2D eigenvalue weighted by atomic mass is 10.1. The van der Waals surface area contributed by atoms with Gasteiger partial charge in [0.2, 0.25) is 15.9 Å². The van der Waals surface area contributed by atoms with Gasteiger partial charge in [-0.3, -0.25) is 9.59 Å². The van der Waals surface area contributed by atoms with Crippen LogP contribution in [0, 0.1) is 0 Å². The smallest absolute Gasteiger partial charge is 0.313 e. The van der Waals surface area contributed by atoms with Gasteiger partial charge < -0.3 is 10.4 Å². The zero-order valence-electron chi connectivity index (χ0n) is 10.5. The van der Waals surface area contributed by atoms with Crippen LogP contribution in [-0.2, 0) is 19.6 Å². The maximum absolute atomic E-state index is 11.3.